The van der Waals surface area contributed by atoms with E-state index in [0.717, 1.165) is 12.8 Å². The maximum Gasteiger partial charge on any atom is 0.308 e. The predicted molar refractivity (Wildman–Crippen MR) is 78.2 cm³/mol. The Morgan fingerprint density at radius 1 is 1.57 bits per heavy atom. The van der Waals surface area contributed by atoms with Crippen LogP contribution in [0.5, 0.6) is 0 Å². The van der Waals surface area contributed by atoms with E-state index in [-0.39, 0.29) is 23.9 Å². The molecule has 8 heteroatoms. The minimum absolute atomic E-state index is 0.103. The van der Waals surface area contributed by atoms with Crippen molar-refractivity contribution < 1.29 is 18.3 Å². The lowest BCUT2D eigenvalue weighted by molar-refractivity contribution is -0.144. The fraction of sp³-hybridized carbons (Fsp3) is 0.600. The number of carbonyl (C=O) groups excluding carboxylic acids is 1. The number of halogens is 2. The molecule has 0 aliphatic heterocycles. The summed E-state index contributed by atoms with van der Waals surface area (Å²) >= 11 is 0. The topological polar surface area (TPSA) is 79.1 Å². The largest absolute Gasteiger partial charge is 0.466 e. The van der Waals surface area contributed by atoms with Crippen LogP contribution in [-0.2, 0) is 9.53 Å². The Labute approximate surface area is 133 Å². The van der Waals surface area contributed by atoms with Gasteiger partial charge in [0.15, 0.2) is 5.82 Å². The number of ether oxygens (including phenoxy) is 1. The molecule has 1 atom stereocenters. The highest BCUT2D eigenvalue weighted by Gasteiger charge is 2.32. The van der Waals surface area contributed by atoms with E-state index in [2.05, 4.69) is 9.97 Å². The predicted octanol–water partition coefficient (Wildman–Crippen LogP) is 2.25. The lowest BCUT2D eigenvalue weighted by Crippen LogP contribution is -2.40. The van der Waals surface area contributed by atoms with Crippen molar-refractivity contribution in [2.45, 2.75) is 44.6 Å². The summed E-state index contributed by atoms with van der Waals surface area (Å²) in [7, 11) is 1.40. The molecule has 0 saturated heterocycles. The number of rotatable bonds is 7. The van der Waals surface area contributed by atoms with E-state index in [0.29, 0.717) is 5.82 Å². The van der Waals surface area contributed by atoms with Crippen LogP contribution in [0.25, 0.3) is 0 Å². The molecule has 1 aromatic rings. The number of alkyl halides is 2. The Morgan fingerprint density at radius 3 is 2.78 bits per heavy atom. The minimum atomic E-state index is -2.78. The Hall–Kier alpha value is -2.30. The molecule has 1 heterocycles. The van der Waals surface area contributed by atoms with Crippen molar-refractivity contribution >= 4 is 11.8 Å². The molecule has 2 rings (SSSR count). The van der Waals surface area contributed by atoms with Crippen molar-refractivity contribution in [1.29, 1.82) is 5.26 Å². The van der Waals surface area contributed by atoms with Crippen LogP contribution in [0.2, 0.25) is 0 Å². The van der Waals surface area contributed by atoms with Gasteiger partial charge in [0, 0.05) is 13.0 Å². The molecule has 1 aliphatic rings. The molecule has 0 spiro atoms. The van der Waals surface area contributed by atoms with Crippen molar-refractivity contribution in [3.8, 4) is 6.07 Å². The Balaban J connectivity index is 2.27. The van der Waals surface area contributed by atoms with Crippen LogP contribution in [0.4, 0.5) is 14.6 Å². The second kappa shape index (κ2) is 7.31. The van der Waals surface area contributed by atoms with E-state index in [1.807, 2.05) is 6.07 Å². The standard InChI is InChI=1S/C15H18F2N4O2/c1-3-23-12(22)6-11(13(16)17)21(2)15-10(7-18)8-19-14(20-15)9-4-5-9/h8-9,11,13H,3-6H2,1-2H3. The highest BCUT2D eigenvalue weighted by molar-refractivity contribution is 5.71. The fourth-order valence-corrected chi connectivity index (χ4v) is 2.21. The first-order chi connectivity index (χ1) is 11.0. The van der Waals surface area contributed by atoms with Gasteiger partial charge in [0.2, 0.25) is 0 Å². The zero-order valence-corrected chi connectivity index (χ0v) is 13.0. The van der Waals surface area contributed by atoms with Crippen LogP contribution in [-0.4, -0.2) is 42.1 Å². The van der Waals surface area contributed by atoms with Crippen molar-refractivity contribution in [2.75, 3.05) is 18.6 Å². The smallest absolute Gasteiger partial charge is 0.308 e. The Kier molecular flexibility index (Phi) is 5.42. The molecule has 1 saturated carbocycles. The van der Waals surface area contributed by atoms with Crippen molar-refractivity contribution in [3.63, 3.8) is 0 Å². The summed E-state index contributed by atoms with van der Waals surface area (Å²) in [5, 5.41) is 9.16. The molecule has 1 aromatic heterocycles. The lowest BCUT2D eigenvalue weighted by Gasteiger charge is -2.28. The van der Waals surface area contributed by atoms with Gasteiger partial charge in [-0.3, -0.25) is 4.79 Å². The number of nitriles is 1. The van der Waals surface area contributed by atoms with Gasteiger partial charge in [0.25, 0.3) is 6.43 Å². The molecule has 0 aromatic carbocycles. The van der Waals surface area contributed by atoms with E-state index < -0.39 is 24.9 Å². The molecule has 0 bridgehead atoms. The van der Waals surface area contributed by atoms with Gasteiger partial charge in [0.05, 0.1) is 19.2 Å². The zero-order chi connectivity index (χ0) is 17.0. The van der Waals surface area contributed by atoms with Crippen LogP contribution in [0, 0.1) is 11.3 Å². The van der Waals surface area contributed by atoms with Gasteiger partial charge in [-0.1, -0.05) is 0 Å². The summed E-state index contributed by atoms with van der Waals surface area (Å²) in [5.41, 5.74) is 0.103. The lowest BCUT2D eigenvalue weighted by atomic mass is 10.1. The second-order valence-electron chi connectivity index (χ2n) is 5.37. The first-order valence-electron chi connectivity index (χ1n) is 7.41. The van der Waals surface area contributed by atoms with Crippen LogP contribution < -0.4 is 4.90 Å². The van der Waals surface area contributed by atoms with E-state index in [1.54, 1.807) is 6.92 Å². The fourth-order valence-electron chi connectivity index (χ4n) is 2.21. The number of hydrogen-bond acceptors (Lipinski definition) is 6. The highest BCUT2D eigenvalue weighted by Crippen LogP contribution is 2.38. The summed E-state index contributed by atoms with van der Waals surface area (Å²) < 4.78 is 31.5. The van der Waals surface area contributed by atoms with Crippen LogP contribution in [0.15, 0.2) is 6.20 Å². The average Bonchev–Trinajstić information content (AvgIpc) is 3.36. The molecule has 23 heavy (non-hydrogen) atoms. The maximum atomic E-state index is 13.4. The van der Waals surface area contributed by atoms with E-state index in [9.17, 15) is 13.6 Å². The molecule has 1 fully saturated rings. The molecule has 0 N–H and O–H groups in total. The minimum Gasteiger partial charge on any atom is -0.466 e. The summed E-state index contributed by atoms with van der Waals surface area (Å²) in [6.07, 6.45) is -0.00304. The monoisotopic (exact) mass is 324 g/mol. The molecule has 1 unspecified atom stereocenters. The summed E-state index contributed by atoms with van der Waals surface area (Å²) in [6.45, 7) is 1.74. The number of anilines is 1. The normalized spacial score (nSPS) is 15.1. The quantitative estimate of drug-likeness (QED) is 0.716. The zero-order valence-electron chi connectivity index (χ0n) is 13.0. The van der Waals surface area contributed by atoms with Gasteiger partial charge in [0.1, 0.15) is 23.5 Å². The summed E-state index contributed by atoms with van der Waals surface area (Å²) in [4.78, 5) is 21.1. The number of carbonyl (C=O) groups is 1. The van der Waals surface area contributed by atoms with Gasteiger partial charge < -0.3 is 9.64 Å². The van der Waals surface area contributed by atoms with Crippen molar-refractivity contribution in [3.05, 3.63) is 17.6 Å². The molecule has 0 amide bonds. The molecule has 1 aliphatic carbocycles. The third-order valence-corrected chi connectivity index (χ3v) is 3.65. The van der Waals surface area contributed by atoms with E-state index in [1.165, 1.54) is 18.1 Å². The first-order valence-corrected chi connectivity index (χ1v) is 7.41. The van der Waals surface area contributed by atoms with Gasteiger partial charge in [-0.05, 0) is 19.8 Å². The maximum absolute atomic E-state index is 13.4. The van der Waals surface area contributed by atoms with Crippen LogP contribution >= 0.6 is 0 Å². The van der Waals surface area contributed by atoms with Crippen molar-refractivity contribution in [1.82, 2.24) is 9.97 Å². The Morgan fingerprint density at radius 2 is 2.26 bits per heavy atom. The highest BCUT2D eigenvalue weighted by atomic mass is 19.3. The van der Waals surface area contributed by atoms with Crippen molar-refractivity contribution in [2.24, 2.45) is 0 Å². The SMILES string of the molecule is CCOC(=O)CC(C(F)F)N(C)c1nc(C2CC2)ncc1C#N. The number of aromatic nitrogens is 2. The van der Waals surface area contributed by atoms with Crippen LogP contribution in [0.1, 0.15) is 43.5 Å². The molecule has 124 valence electrons. The third kappa shape index (κ3) is 4.12. The van der Waals surface area contributed by atoms with Gasteiger partial charge in [-0.25, -0.2) is 18.7 Å². The first kappa shape index (κ1) is 17.1. The number of nitrogens with zero attached hydrogens (tertiary/aromatic N) is 4. The van der Waals surface area contributed by atoms with E-state index in [4.69, 9.17) is 10.00 Å². The average molecular weight is 324 g/mol. The van der Waals surface area contributed by atoms with Crippen LogP contribution in [0.3, 0.4) is 0 Å². The van der Waals surface area contributed by atoms with E-state index >= 15 is 0 Å². The number of hydrogen-bond donors (Lipinski definition) is 0. The summed E-state index contributed by atoms with van der Waals surface area (Å²) in [6, 6.07) is 0.494. The van der Waals surface area contributed by atoms with Gasteiger partial charge >= 0.3 is 5.97 Å². The molecular formula is C15H18F2N4O2. The summed E-state index contributed by atoms with van der Waals surface area (Å²) in [5.74, 6) is 0.193. The van der Waals surface area contributed by atoms with Gasteiger partial charge in [-0.2, -0.15) is 5.26 Å². The molecule has 6 nitrogen and oxygen atoms in total. The third-order valence-electron chi connectivity index (χ3n) is 3.65. The Bertz CT molecular complexity index is 614. The molecule has 0 radical (unpaired) electrons. The molecular weight excluding hydrogens is 306 g/mol. The van der Waals surface area contributed by atoms with Gasteiger partial charge in [-0.15, -0.1) is 0 Å². The number of esters is 1. The second-order valence-corrected chi connectivity index (χ2v) is 5.37.